The summed E-state index contributed by atoms with van der Waals surface area (Å²) in [4.78, 5) is 2.12. The molecule has 0 unspecified atom stereocenters. The van der Waals surface area contributed by atoms with Gasteiger partial charge in [-0.1, -0.05) is 6.08 Å². The zero-order chi connectivity index (χ0) is 21.0. The monoisotopic (exact) mass is 399 g/mol. The smallest absolute Gasteiger partial charge is 0.172 e. The SMILES string of the molecule is COc1ccc(-c2ccc(C=CC3=C(C#N)C(=C(C#N)C#N)OC3(C)C)s2)cc1. The van der Waals surface area contributed by atoms with E-state index in [0.29, 0.717) is 5.57 Å². The predicted molar refractivity (Wildman–Crippen MR) is 111 cm³/mol. The minimum Gasteiger partial charge on any atom is -0.497 e. The standard InChI is InChI=1S/C23H17N3O2S/c1-23(2)20(19(14-26)22(28-23)16(12-24)13-25)10-8-18-9-11-21(29-18)15-4-6-17(27-3)7-5-15/h4-11H,1-3H3. The molecule has 5 nitrogen and oxygen atoms in total. The van der Waals surface area contributed by atoms with Gasteiger partial charge in [-0.3, -0.25) is 0 Å². The molecule has 0 aliphatic carbocycles. The van der Waals surface area contributed by atoms with Gasteiger partial charge in [0.2, 0.25) is 0 Å². The van der Waals surface area contributed by atoms with E-state index in [9.17, 15) is 5.26 Å². The Balaban J connectivity index is 1.94. The lowest BCUT2D eigenvalue weighted by molar-refractivity contribution is 0.0954. The van der Waals surface area contributed by atoms with Crippen molar-refractivity contribution in [3.63, 3.8) is 0 Å². The number of thiophene rings is 1. The van der Waals surface area contributed by atoms with Crippen molar-refractivity contribution < 1.29 is 9.47 Å². The average molecular weight is 399 g/mol. The second kappa shape index (κ2) is 8.07. The van der Waals surface area contributed by atoms with Gasteiger partial charge in [-0.15, -0.1) is 11.3 Å². The van der Waals surface area contributed by atoms with Gasteiger partial charge in [0, 0.05) is 15.3 Å². The Morgan fingerprint density at radius 2 is 1.72 bits per heavy atom. The van der Waals surface area contributed by atoms with Crippen LogP contribution in [0.5, 0.6) is 5.75 Å². The minimum atomic E-state index is -0.814. The maximum atomic E-state index is 9.59. The van der Waals surface area contributed by atoms with E-state index in [0.717, 1.165) is 21.1 Å². The fourth-order valence-electron chi connectivity index (χ4n) is 3.00. The Bertz CT molecular complexity index is 1140. The van der Waals surface area contributed by atoms with E-state index in [2.05, 4.69) is 6.07 Å². The van der Waals surface area contributed by atoms with E-state index in [4.69, 9.17) is 20.0 Å². The summed E-state index contributed by atoms with van der Waals surface area (Å²) in [6.07, 6.45) is 3.73. The molecule has 0 amide bonds. The number of rotatable bonds is 4. The summed E-state index contributed by atoms with van der Waals surface area (Å²) < 4.78 is 11.0. The molecule has 1 aromatic heterocycles. The van der Waals surface area contributed by atoms with Crippen molar-refractivity contribution in [2.45, 2.75) is 19.4 Å². The second-order valence-corrected chi connectivity index (χ2v) is 7.82. The highest BCUT2D eigenvalue weighted by atomic mass is 32.1. The van der Waals surface area contributed by atoms with Crippen LogP contribution in [0.15, 0.2) is 65.0 Å². The summed E-state index contributed by atoms with van der Waals surface area (Å²) >= 11 is 1.62. The van der Waals surface area contributed by atoms with Gasteiger partial charge in [-0.05, 0) is 61.9 Å². The molecular weight excluding hydrogens is 382 g/mol. The van der Waals surface area contributed by atoms with Crippen LogP contribution < -0.4 is 4.74 Å². The Labute approximate surface area is 173 Å². The first kappa shape index (κ1) is 20.0. The number of allylic oxidation sites excluding steroid dienone is 2. The summed E-state index contributed by atoms with van der Waals surface area (Å²) in [7, 11) is 1.64. The highest BCUT2D eigenvalue weighted by molar-refractivity contribution is 7.16. The Morgan fingerprint density at radius 3 is 2.31 bits per heavy atom. The van der Waals surface area contributed by atoms with Crippen LogP contribution in [0.2, 0.25) is 0 Å². The summed E-state index contributed by atoms with van der Waals surface area (Å²) in [5.41, 5.74) is 0.936. The molecule has 2 aromatic rings. The maximum Gasteiger partial charge on any atom is 0.172 e. The van der Waals surface area contributed by atoms with E-state index < -0.39 is 5.60 Å². The van der Waals surface area contributed by atoms with Crippen molar-refractivity contribution in [1.82, 2.24) is 0 Å². The molecule has 1 aliphatic rings. The zero-order valence-corrected chi connectivity index (χ0v) is 17.0. The highest BCUT2D eigenvalue weighted by Gasteiger charge is 2.38. The molecule has 3 rings (SSSR count). The number of hydrogen-bond acceptors (Lipinski definition) is 6. The lowest BCUT2D eigenvalue weighted by atomic mass is 9.94. The van der Waals surface area contributed by atoms with Crippen molar-refractivity contribution >= 4 is 17.4 Å². The van der Waals surface area contributed by atoms with E-state index >= 15 is 0 Å². The van der Waals surface area contributed by atoms with Crippen LogP contribution >= 0.6 is 11.3 Å². The van der Waals surface area contributed by atoms with Gasteiger partial charge in [0.25, 0.3) is 0 Å². The minimum absolute atomic E-state index is 0.0484. The van der Waals surface area contributed by atoms with Crippen molar-refractivity contribution in [3.8, 4) is 34.4 Å². The number of methoxy groups -OCH3 is 1. The normalized spacial score (nSPS) is 14.8. The van der Waals surface area contributed by atoms with Crippen molar-refractivity contribution in [3.05, 3.63) is 69.8 Å². The average Bonchev–Trinajstić information content (AvgIpc) is 3.29. The quantitative estimate of drug-likeness (QED) is 0.645. The predicted octanol–water partition coefficient (Wildman–Crippen LogP) is 5.37. The third kappa shape index (κ3) is 3.92. The first-order chi connectivity index (χ1) is 13.9. The van der Waals surface area contributed by atoms with Crippen LogP contribution in [-0.2, 0) is 4.74 Å². The Hall–Kier alpha value is -3.79. The van der Waals surface area contributed by atoms with Crippen LogP contribution in [0.1, 0.15) is 18.7 Å². The van der Waals surface area contributed by atoms with Gasteiger partial charge in [-0.25, -0.2) is 0 Å². The lowest BCUT2D eigenvalue weighted by Gasteiger charge is -2.20. The first-order valence-corrected chi connectivity index (χ1v) is 9.56. The molecule has 0 bridgehead atoms. The van der Waals surface area contributed by atoms with Crippen molar-refractivity contribution in [2.24, 2.45) is 0 Å². The van der Waals surface area contributed by atoms with Crippen LogP contribution in [0.3, 0.4) is 0 Å². The number of ether oxygens (including phenoxy) is 2. The van der Waals surface area contributed by atoms with E-state index in [1.807, 2.05) is 48.6 Å². The second-order valence-electron chi connectivity index (χ2n) is 6.70. The Morgan fingerprint density at radius 1 is 1.03 bits per heavy atom. The molecule has 0 radical (unpaired) electrons. The molecule has 0 N–H and O–H groups in total. The zero-order valence-electron chi connectivity index (χ0n) is 16.2. The molecule has 1 aliphatic heterocycles. The summed E-state index contributed by atoms with van der Waals surface area (Å²) in [6, 6.07) is 17.6. The molecule has 2 heterocycles. The molecular formula is C23H17N3O2S. The van der Waals surface area contributed by atoms with Gasteiger partial charge >= 0.3 is 0 Å². The number of hydrogen-bond donors (Lipinski definition) is 0. The molecule has 142 valence electrons. The van der Waals surface area contributed by atoms with E-state index in [1.54, 1.807) is 44.4 Å². The summed E-state index contributed by atoms with van der Waals surface area (Å²) in [5.74, 6) is 0.857. The molecule has 0 atom stereocenters. The van der Waals surface area contributed by atoms with E-state index in [1.165, 1.54) is 0 Å². The highest BCUT2D eigenvalue weighted by Crippen LogP contribution is 2.40. The Kier molecular flexibility index (Phi) is 5.55. The van der Waals surface area contributed by atoms with Crippen LogP contribution in [0.25, 0.3) is 16.5 Å². The molecule has 29 heavy (non-hydrogen) atoms. The number of nitrogens with zero attached hydrogens (tertiary/aromatic N) is 3. The third-order valence-corrected chi connectivity index (χ3v) is 5.58. The molecule has 0 saturated heterocycles. The topological polar surface area (TPSA) is 89.8 Å². The fraction of sp³-hybridized carbons (Fsp3) is 0.174. The van der Waals surface area contributed by atoms with Gasteiger partial charge in [0.15, 0.2) is 11.3 Å². The molecule has 1 aromatic carbocycles. The lowest BCUT2D eigenvalue weighted by Crippen LogP contribution is -2.20. The van der Waals surface area contributed by atoms with E-state index in [-0.39, 0.29) is 16.9 Å². The maximum absolute atomic E-state index is 9.59. The summed E-state index contributed by atoms with van der Waals surface area (Å²) in [6.45, 7) is 3.61. The van der Waals surface area contributed by atoms with Crippen molar-refractivity contribution in [1.29, 1.82) is 15.8 Å². The number of nitriles is 3. The van der Waals surface area contributed by atoms with Crippen LogP contribution in [-0.4, -0.2) is 12.7 Å². The van der Waals surface area contributed by atoms with Gasteiger partial charge in [-0.2, -0.15) is 15.8 Å². The van der Waals surface area contributed by atoms with Crippen LogP contribution in [0, 0.1) is 34.0 Å². The van der Waals surface area contributed by atoms with Crippen molar-refractivity contribution in [2.75, 3.05) is 7.11 Å². The van der Waals surface area contributed by atoms with Crippen LogP contribution in [0.4, 0.5) is 0 Å². The fourth-order valence-corrected chi connectivity index (χ4v) is 3.92. The van der Waals surface area contributed by atoms with Gasteiger partial charge < -0.3 is 9.47 Å². The molecule has 6 heteroatoms. The number of benzene rings is 1. The van der Waals surface area contributed by atoms with Gasteiger partial charge in [0.05, 0.1) is 7.11 Å². The molecule has 0 spiro atoms. The van der Waals surface area contributed by atoms with Gasteiger partial charge in [0.1, 0.15) is 35.1 Å². The third-order valence-electron chi connectivity index (χ3n) is 4.48. The summed E-state index contributed by atoms with van der Waals surface area (Å²) in [5, 5.41) is 27.9. The first-order valence-electron chi connectivity index (χ1n) is 8.74. The molecule has 0 saturated carbocycles. The largest absolute Gasteiger partial charge is 0.497 e. The molecule has 0 fully saturated rings.